The molecule has 1 aromatic rings. The lowest BCUT2D eigenvalue weighted by atomic mass is 10.1. The van der Waals surface area contributed by atoms with Crippen LogP contribution in [0, 0.1) is 16.0 Å². The first kappa shape index (κ1) is 14.0. The van der Waals surface area contributed by atoms with Crippen LogP contribution in [-0.2, 0) is 16.1 Å². The highest BCUT2D eigenvalue weighted by atomic mass is 16.6. The van der Waals surface area contributed by atoms with E-state index in [1.807, 2.05) is 0 Å². The molecule has 1 atom stereocenters. The molecule has 0 aliphatic carbocycles. The van der Waals surface area contributed by atoms with Crippen LogP contribution in [0.5, 0.6) is 0 Å². The minimum absolute atomic E-state index is 0.0246. The summed E-state index contributed by atoms with van der Waals surface area (Å²) in [6, 6.07) is 1.23. The number of aliphatic carboxylic acids is 1. The van der Waals surface area contributed by atoms with Gasteiger partial charge in [0.2, 0.25) is 5.91 Å². The molecule has 9 heteroatoms. The van der Waals surface area contributed by atoms with E-state index in [0.717, 1.165) is 0 Å². The van der Waals surface area contributed by atoms with Gasteiger partial charge >= 0.3 is 11.8 Å². The fraction of sp³-hybridized carbons (Fsp3) is 0.545. The van der Waals surface area contributed by atoms with Crippen LogP contribution in [0.3, 0.4) is 0 Å². The van der Waals surface area contributed by atoms with Crippen molar-refractivity contribution in [3.05, 3.63) is 22.4 Å². The second kappa shape index (κ2) is 5.68. The Morgan fingerprint density at radius 2 is 2.30 bits per heavy atom. The van der Waals surface area contributed by atoms with Crippen molar-refractivity contribution in [3.63, 3.8) is 0 Å². The van der Waals surface area contributed by atoms with E-state index in [-0.39, 0.29) is 30.6 Å². The largest absolute Gasteiger partial charge is 0.481 e. The average molecular weight is 282 g/mol. The Bertz CT molecular complexity index is 541. The Balaban J connectivity index is 1.89. The van der Waals surface area contributed by atoms with Gasteiger partial charge in [0, 0.05) is 19.5 Å². The van der Waals surface area contributed by atoms with Crippen LogP contribution < -0.4 is 0 Å². The molecule has 9 nitrogen and oxygen atoms in total. The van der Waals surface area contributed by atoms with Gasteiger partial charge in [-0.05, 0) is 17.3 Å². The summed E-state index contributed by atoms with van der Waals surface area (Å²) < 4.78 is 1.21. The van der Waals surface area contributed by atoms with Crippen LogP contribution in [0.25, 0.3) is 0 Å². The monoisotopic (exact) mass is 282 g/mol. The third-order valence-corrected chi connectivity index (χ3v) is 3.21. The fourth-order valence-electron chi connectivity index (χ4n) is 2.25. The van der Waals surface area contributed by atoms with Crippen molar-refractivity contribution in [2.24, 2.45) is 5.92 Å². The molecule has 1 amide bonds. The first-order chi connectivity index (χ1) is 9.45. The van der Waals surface area contributed by atoms with E-state index >= 15 is 0 Å². The van der Waals surface area contributed by atoms with Gasteiger partial charge in [-0.25, -0.2) is 0 Å². The molecule has 1 aliphatic heterocycles. The molecule has 1 fully saturated rings. The van der Waals surface area contributed by atoms with E-state index in [1.165, 1.54) is 16.9 Å². The zero-order valence-corrected chi connectivity index (χ0v) is 10.6. The smallest absolute Gasteiger partial charge is 0.389 e. The molecule has 1 aliphatic rings. The lowest BCUT2D eigenvalue weighted by Crippen LogP contribution is -2.32. The van der Waals surface area contributed by atoms with Crippen LogP contribution in [0.15, 0.2) is 12.3 Å². The highest BCUT2D eigenvalue weighted by Gasteiger charge is 2.28. The van der Waals surface area contributed by atoms with Crippen LogP contribution in [-0.4, -0.2) is 49.7 Å². The molecule has 1 aromatic heterocycles. The molecule has 2 heterocycles. The maximum absolute atomic E-state index is 12.0. The molecular weight excluding hydrogens is 268 g/mol. The summed E-state index contributed by atoms with van der Waals surface area (Å²) in [7, 11) is 0. The summed E-state index contributed by atoms with van der Waals surface area (Å²) >= 11 is 0. The number of nitrogens with zero attached hydrogens (tertiary/aromatic N) is 4. The Morgan fingerprint density at radius 3 is 2.90 bits per heavy atom. The molecule has 0 aromatic carbocycles. The minimum atomic E-state index is -0.869. The van der Waals surface area contributed by atoms with Crippen molar-refractivity contribution < 1.29 is 19.6 Å². The van der Waals surface area contributed by atoms with Gasteiger partial charge in [-0.2, -0.15) is 4.68 Å². The standard InChI is InChI=1S/C11H14N4O5/c16-10(7-14-4-2-9(12-14)15(19)20)13-3-1-8(6-13)5-11(17)18/h2,4,8H,1,3,5-7H2,(H,17,18). The number of carboxylic acid groups (broad SMARTS) is 1. The Hall–Kier alpha value is -2.45. The number of carboxylic acids is 1. The first-order valence-corrected chi connectivity index (χ1v) is 6.13. The second-order valence-corrected chi connectivity index (χ2v) is 4.72. The van der Waals surface area contributed by atoms with Gasteiger partial charge in [0.05, 0.1) is 17.4 Å². The Kier molecular flexibility index (Phi) is 3.97. The number of amides is 1. The quantitative estimate of drug-likeness (QED) is 0.605. The van der Waals surface area contributed by atoms with E-state index in [9.17, 15) is 19.7 Å². The van der Waals surface area contributed by atoms with Gasteiger partial charge < -0.3 is 20.1 Å². The Morgan fingerprint density at radius 1 is 1.55 bits per heavy atom. The van der Waals surface area contributed by atoms with E-state index in [0.29, 0.717) is 19.5 Å². The number of hydrogen-bond donors (Lipinski definition) is 1. The van der Waals surface area contributed by atoms with Gasteiger partial charge in [0.1, 0.15) is 6.54 Å². The number of hydrogen-bond acceptors (Lipinski definition) is 5. The highest BCUT2D eigenvalue weighted by molar-refractivity contribution is 5.76. The molecule has 20 heavy (non-hydrogen) atoms. The number of carbonyl (C=O) groups is 2. The lowest BCUT2D eigenvalue weighted by molar-refractivity contribution is -0.389. The summed E-state index contributed by atoms with van der Waals surface area (Å²) in [6.07, 6.45) is 2.09. The van der Waals surface area contributed by atoms with Gasteiger partial charge in [-0.3, -0.25) is 9.59 Å². The fourth-order valence-corrected chi connectivity index (χ4v) is 2.25. The van der Waals surface area contributed by atoms with Crippen molar-refractivity contribution >= 4 is 17.7 Å². The maximum Gasteiger partial charge on any atom is 0.389 e. The van der Waals surface area contributed by atoms with Crippen molar-refractivity contribution in [2.75, 3.05) is 13.1 Å². The number of likely N-dealkylation sites (tertiary alicyclic amines) is 1. The zero-order valence-electron chi connectivity index (χ0n) is 10.6. The van der Waals surface area contributed by atoms with Gasteiger partial charge in [-0.15, -0.1) is 0 Å². The van der Waals surface area contributed by atoms with Crippen molar-refractivity contribution in [1.82, 2.24) is 14.7 Å². The van der Waals surface area contributed by atoms with Crippen LogP contribution >= 0.6 is 0 Å². The Labute approximate surface area is 113 Å². The molecular formula is C11H14N4O5. The topological polar surface area (TPSA) is 119 Å². The van der Waals surface area contributed by atoms with Gasteiger partial charge in [-0.1, -0.05) is 0 Å². The van der Waals surface area contributed by atoms with Crippen LogP contribution in [0.2, 0.25) is 0 Å². The molecule has 108 valence electrons. The second-order valence-electron chi connectivity index (χ2n) is 4.72. The zero-order chi connectivity index (χ0) is 14.7. The van der Waals surface area contributed by atoms with E-state index in [4.69, 9.17) is 5.11 Å². The van der Waals surface area contributed by atoms with Gasteiger partial charge in [0.25, 0.3) is 0 Å². The van der Waals surface area contributed by atoms with Crippen LogP contribution in [0.4, 0.5) is 5.82 Å². The van der Waals surface area contributed by atoms with Crippen LogP contribution in [0.1, 0.15) is 12.8 Å². The summed E-state index contributed by atoms with van der Waals surface area (Å²) in [5, 5.41) is 22.9. The third-order valence-electron chi connectivity index (χ3n) is 3.21. The molecule has 1 unspecified atom stereocenters. The summed E-state index contributed by atoms with van der Waals surface area (Å²) in [4.78, 5) is 34.0. The highest BCUT2D eigenvalue weighted by Crippen LogP contribution is 2.19. The summed E-state index contributed by atoms with van der Waals surface area (Å²) in [5.74, 6) is -1.41. The number of aromatic nitrogens is 2. The lowest BCUT2D eigenvalue weighted by Gasteiger charge is -2.15. The molecule has 1 N–H and O–H groups in total. The average Bonchev–Trinajstić information content (AvgIpc) is 2.97. The van der Waals surface area contributed by atoms with Crippen molar-refractivity contribution in [1.29, 1.82) is 0 Å². The predicted molar refractivity (Wildman–Crippen MR) is 65.8 cm³/mol. The number of rotatable bonds is 5. The van der Waals surface area contributed by atoms with Crippen molar-refractivity contribution in [2.45, 2.75) is 19.4 Å². The predicted octanol–water partition coefficient (Wildman–Crippen LogP) is 0.114. The van der Waals surface area contributed by atoms with E-state index < -0.39 is 10.9 Å². The minimum Gasteiger partial charge on any atom is -0.481 e. The number of nitro groups is 1. The molecule has 1 saturated heterocycles. The molecule has 0 bridgehead atoms. The third kappa shape index (κ3) is 3.31. The SMILES string of the molecule is O=C(O)CC1CCN(C(=O)Cn2ccc([N+](=O)[O-])n2)C1. The maximum atomic E-state index is 12.0. The van der Waals surface area contributed by atoms with Gasteiger partial charge in [0.15, 0.2) is 0 Å². The van der Waals surface area contributed by atoms with E-state index in [1.54, 1.807) is 4.90 Å². The van der Waals surface area contributed by atoms with Crippen molar-refractivity contribution in [3.8, 4) is 0 Å². The normalized spacial score (nSPS) is 18.2. The molecule has 2 rings (SSSR count). The first-order valence-electron chi connectivity index (χ1n) is 6.13. The van der Waals surface area contributed by atoms with E-state index in [2.05, 4.69) is 5.10 Å². The summed E-state index contributed by atoms with van der Waals surface area (Å²) in [5.41, 5.74) is 0. The number of carbonyl (C=O) groups excluding carboxylic acids is 1. The molecule has 0 radical (unpaired) electrons. The molecule has 0 spiro atoms. The molecule has 0 saturated carbocycles. The summed E-state index contributed by atoms with van der Waals surface area (Å²) in [6.45, 7) is 0.849.